The van der Waals surface area contributed by atoms with Gasteiger partial charge in [0, 0.05) is 13.1 Å². The van der Waals surface area contributed by atoms with Crippen molar-refractivity contribution in [1.29, 1.82) is 0 Å². The molecule has 2 unspecified atom stereocenters. The van der Waals surface area contributed by atoms with E-state index >= 15 is 0 Å². The van der Waals surface area contributed by atoms with Crippen LogP contribution in [0.1, 0.15) is 0 Å². The van der Waals surface area contributed by atoms with Crippen molar-refractivity contribution in [3.8, 4) is 0 Å². The standard InChI is InChI=1S/C12H20N2O3/c1-5-9-13-11(7-3)15-17-16-12(8-4)14-10-6-2/h5-8,11-14H,1-4,9-10H2. The van der Waals surface area contributed by atoms with Crippen molar-refractivity contribution >= 4 is 0 Å². The highest BCUT2D eigenvalue weighted by Crippen LogP contribution is 1.95. The van der Waals surface area contributed by atoms with Crippen molar-refractivity contribution in [1.82, 2.24) is 10.6 Å². The second kappa shape index (κ2) is 11.3. The number of hydrogen-bond donors (Lipinski definition) is 2. The monoisotopic (exact) mass is 240 g/mol. The van der Waals surface area contributed by atoms with Gasteiger partial charge in [-0.2, -0.15) is 9.78 Å². The molecule has 0 fully saturated rings. The van der Waals surface area contributed by atoms with Crippen molar-refractivity contribution in [2.45, 2.75) is 12.5 Å². The molecule has 0 aromatic carbocycles. The van der Waals surface area contributed by atoms with Gasteiger partial charge in [-0.1, -0.05) is 30.3 Å². The molecule has 5 nitrogen and oxygen atoms in total. The number of nitrogens with one attached hydrogen (secondary N) is 2. The van der Waals surface area contributed by atoms with Crippen LogP contribution in [0.4, 0.5) is 0 Å². The van der Waals surface area contributed by atoms with Gasteiger partial charge < -0.3 is 0 Å². The molecule has 96 valence electrons. The normalized spacial score (nSPS) is 13.6. The van der Waals surface area contributed by atoms with Gasteiger partial charge in [0.05, 0.1) is 0 Å². The van der Waals surface area contributed by atoms with Gasteiger partial charge in [-0.3, -0.25) is 10.6 Å². The van der Waals surface area contributed by atoms with Gasteiger partial charge in [0.2, 0.25) is 0 Å². The highest BCUT2D eigenvalue weighted by Gasteiger charge is 2.07. The Labute approximate surface area is 102 Å². The first-order chi connectivity index (χ1) is 8.28. The van der Waals surface area contributed by atoms with Crippen LogP contribution >= 0.6 is 0 Å². The summed E-state index contributed by atoms with van der Waals surface area (Å²) in [5, 5.41) is 10.5. The molecule has 2 N–H and O–H groups in total. The molecule has 0 aromatic rings. The summed E-state index contributed by atoms with van der Waals surface area (Å²) in [5.41, 5.74) is 0. The van der Waals surface area contributed by atoms with Crippen LogP contribution in [0.5, 0.6) is 0 Å². The summed E-state index contributed by atoms with van der Waals surface area (Å²) < 4.78 is 0. The molecule has 0 heterocycles. The maximum atomic E-state index is 4.89. The van der Waals surface area contributed by atoms with Gasteiger partial charge in [0.1, 0.15) is 0 Å². The maximum absolute atomic E-state index is 4.89. The molecule has 5 heteroatoms. The zero-order chi connectivity index (χ0) is 12.9. The van der Waals surface area contributed by atoms with E-state index in [1.54, 1.807) is 12.2 Å². The summed E-state index contributed by atoms with van der Waals surface area (Å²) in [5.74, 6) is 0. The third kappa shape index (κ3) is 8.56. The Bertz CT molecular complexity index is 220. The van der Waals surface area contributed by atoms with E-state index in [0.717, 1.165) is 0 Å². The lowest BCUT2D eigenvalue weighted by atomic mass is 10.5. The zero-order valence-electron chi connectivity index (χ0n) is 9.93. The summed E-state index contributed by atoms with van der Waals surface area (Å²) in [6, 6.07) is 0. The van der Waals surface area contributed by atoms with E-state index in [-0.39, 0.29) is 0 Å². The number of rotatable bonds is 12. The molecular formula is C12H20N2O3. The fourth-order valence-corrected chi connectivity index (χ4v) is 0.820. The molecule has 0 aliphatic carbocycles. The Kier molecular flexibility index (Phi) is 10.4. The van der Waals surface area contributed by atoms with Crippen LogP contribution < -0.4 is 10.6 Å². The third-order valence-corrected chi connectivity index (χ3v) is 1.64. The second-order valence-electron chi connectivity index (χ2n) is 2.97. The summed E-state index contributed by atoms with van der Waals surface area (Å²) in [6.45, 7) is 15.4. The predicted molar refractivity (Wildman–Crippen MR) is 67.6 cm³/mol. The van der Waals surface area contributed by atoms with Crippen LogP contribution in [-0.2, 0) is 14.8 Å². The van der Waals surface area contributed by atoms with Crippen LogP contribution in [0.3, 0.4) is 0 Å². The molecule has 0 saturated carbocycles. The van der Waals surface area contributed by atoms with E-state index in [0.29, 0.717) is 13.1 Å². The molecule has 0 bridgehead atoms. The highest BCUT2D eigenvalue weighted by molar-refractivity contribution is 4.81. The van der Waals surface area contributed by atoms with Crippen LogP contribution in [-0.4, -0.2) is 25.5 Å². The van der Waals surface area contributed by atoms with Crippen molar-refractivity contribution < 1.29 is 14.8 Å². The number of hydrogen-bond acceptors (Lipinski definition) is 5. The first kappa shape index (κ1) is 15.8. The van der Waals surface area contributed by atoms with E-state index in [1.807, 2.05) is 0 Å². The molecule has 0 spiro atoms. The quantitative estimate of drug-likeness (QED) is 0.234. The van der Waals surface area contributed by atoms with Crippen molar-refractivity contribution in [2.24, 2.45) is 0 Å². The lowest BCUT2D eigenvalue weighted by Crippen LogP contribution is -2.33. The SMILES string of the molecule is C=CCNC(C=C)OOOC(C=C)NCC=C. The summed E-state index contributed by atoms with van der Waals surface area (Å²) >= 11 is 0. The fraction of sp³-hybridized carbons (Fsp3) is 0.333. The van der Waals surface area contributed by atoms with Gasteiger partial charge >= 0.3 is 0 Å². The van der Waals surface area contributed by atoms with Crippen molar-refractivity contribution in [2.75, 3.05) is 13.1 Å². The predicted octanol–water partition coefficient (Wildman–Crippen LogP) is 1.44. The Balaban J connectivity index is 3.75. The minimum atomic E-state index is -0.474. The average molecular weight is 240 g/mol. The van der Waals surface area contributed by atoms with Crippen molar-refractivity contribution in [3.05, 3.63) is 50.6 Å². The van der Waals surface area contributed by atoms with E-state index in [9.17, 15) is 0 Å². The fourth-order valence-electron chi connectivity index (χ4n) is 0.820. The first-order valence-electron chi connectivity index (χ1n) is 5.21. The van der Waals surface area contributed by atoms with E-state index in [2.05, 4.69) is 42.0 Å². The molecule has 17 heavy (non-hydrogen) atoms. The Hall–Kier alpha value is -1.24. The third-order valence-electron chi connectivity index (χ3n) is 1.64. The molecule has 0 aliphatic rings. The van der Waals surface area contributed by atoms with E-state index in [4.69, 9.17) is 9.78 Å². The average Bonchev–Trinajstić information content (AvgIpc) is 2.37. The molecule has 0 saturated heterocycles. The van der Waals surface area contributed by atoms with Crippen LogP contribution in [0.25, 0.3) is 0 Å². The maximum Gasteiger partial charge on any atom is 0.165 e. The zero-order valence-corrected chi connectivity index (χ0v) is 9.93. The van der Waals surface area contributed by atoms with Gasteiger partial charge in [0.15, 0.2) is 12.5 Å². The van der Waals surface area contributed by atoms with Gasteiger partial charge in [-0.15, -0.1) is 13.2 Å². The van der Waals surface area contributed by atoms with Gasteiger partial charge in [-0.05, 0) is 12.2 Å². The van der Waals surface area contributed by atoms with E-state index < -0.39 is 12.5 Å². The Morgan fingerprint density at radius 3 is 1.53 bits per heavy atom. The molecule has 0 radical (unpaired) electrons. The molecule has 0 aromatic heterocycles. The lowest BCUT2D eigenvalue weighted by molar-refractivity contribution is -0.534. The molecule has 0 rings (SSSR count). The largest absolute Gasteiger partial charge is 0.283 e. The van der Waals surface area contributed by atoms with Crippen LogP contribution in [0, 0.1) is 0 Å². The Morgan fingerprint density at radius 1 is 0.824 bits per heavy atom. The first-order valence-corrected chi connectivity index (χ1v) is 5.21. The smallest absolute Gasteiger partial charge is 0.165 e. The second-order valence-corrected chi connectivity index (χ2v) is 2.97. The topological polar surface area (TPSA) is 51.8 Å². The minimum absolute atomic E-state index is 0.474. The molecule has 2 atom stereocenters. The van der Waals surface area contributed by atoms with Crippen LogP contribution in [0.15, 0.2) is 50.6 Å². The molecule has 0 aliphatic heterocycles. The lowest BCUT2D eigenvalue weighted by Gasteiger charge is -2.15. The Morgan fingerprint density at radius 2 is 1.24 bits per heavy atom. The summed E-state index contributed by atoms with van der Waals surface area (Å²) in [4.78, 5) is 9.79. The van der Waals surface area contributed by atoms with E-state index in [1.165, 1.54) is 12.2 Å². The highest BCUT2D eigenvalue weighted by atomic mass is 17.5. The van der Waals surface area contributed by atoms with Gasteiger partial charge in [-0.25, -0.2) is 0 Å². The van der Waals surface area contributed by atoms with Crippen molar-refractivity contribution in [3.63, 3.8) is 0 Å². The molecular weight excluding hydrogens is 220 g/mol. The summed E-state index contributed by atoms with van der Waals surface area (Å²) in [7, 11) is 0. The van der Waals surface area contributed by atoms with Crippen LogP contribution in [0.2, 0.25) is 0 Å². The van der Waals surface area contributed by atoms with Gasteiger partial charge in [0.25, 0.3) is 0 Å². The summed E-state index contributed by atoms with van der Waals surface area (Å²) in [6.07, 6.45) is 5.51. The minimum Gasteiger partial charge on any atom is -0.283 e. The molecule has 0 amide bonds.